The normalized spacial score (nSPS) is 11.8. The predicted molar refractivity (Wildman–Crippen MR) is 93.0 cm³/mol. The standard InChI is InChI=1S/C21H12O/c22-12-18-14-8-2-1-3-9-15(14)20-16-10-4-6-13-7-5-11-17(19(13)16)21(18)20/h1-12H. The zero-order valence-corrected chi connectivity index (χ0v) is 11.8. The number of carbonyl (C=O) groups excluding carboxylic acids is 1. The van der Waals surface area contributed by atoms with E-state index in [1.54, 1.807) is 0 Å². The van der Waals surface area contributed by atoms with Gasteiger partial charge in [0.1, 0.15) is 0 Å². The van der Waals surface area contributed by atoms with E-state index >= 15 is 0 Å². The fraction of sp³-hybridized carbons (Fsp3) is 0. The van der Waals surface area contributed by atoms with Gasteiger partial charge in [0, 0.05) is 10.9 Å². The Labute approximate surface area is 127 Å². The van der Waals surface area contributed by atoms with Crippen molar-refractivity contribution in [1.29, 1.82) is 0 Å². The molecule has 0 saturated carbocycles. The van der Waals surface area contributed by atoms with Crippen LogP contribution in [0, 0.1) is 0 Å². The molecule has 0 amide bonds. The molecule has 22 heavy (non-hydrogen) atoms. The molecule has 0 unspecified atom stereocenters. The lowest BCUT2D eigenvalue weighted by atomic mass is 10.0. The Morgan fingerprint density at radius 3 is 1.91 bits per heavy atom. The molecular formula is C21H12O. The Balaban J connectivity index is 2.27. The van der Waals surface area contributed by atoms with E-state index in [4.69, 9.17) is 0 Å². The smallest absolute Gasteiger partial charge is 0.151 e. The van der Waals surface area contributed by atoms with Crippen molar-refractivity contribution in [3.63, 3.8) is 0 Å². The van der Waals surface area contributed by atoms with Crippen LogP contribution in [0.2, 0.25) is 0 Å². The Kier molecular flexibility index (Phi) is 2.15. The van der Waals surface area contributed by atoms with Gasteiger partial charge in [0.15, 0.2) is 6.29 Å². The zero-order chi connectivity index (χ0) is 14.7. The number of rotatable bonds is 1. The second kappa shape index (κ2) is 4.05. The molecule has 1 nitrogen and oxygen atoms in total. The third-order valence-corrected chi connectivity index (χ3v) is 4.68. The predicted octanol–water partition coefficient (Wildman–Crippen LogP) is 5.55. The SMILES string of the molecule is O=Cc1c2cccccc2c2c3cccc4cccc(c12)c43. The summed E-state index contributed by atoms with van der Waals surface area (Å²) in [6.45, 7) is 0. The van der Waals surface area contributed by atoms with E-state index in [2.05, 4.69) is 42.5 Å². The van der Waals surface area contributed by atoms with E-state index in [0.29, 0.717) is 0 Å². The third kappa shape index (κ3) is 1.26. The maximum atomic E-state index is 11.8. The van der Waals surface area contributed by atoms with Gasteiger partial charge in [-0.25, -0.2) is 0 Å². The van der Waals surface area contributed by atoms with Gasteiger partial charge in [0.05, 0.1) is 0 Å². The molecular weight excluding hydrogens is 268 g/mol. The van der Waals surface area contributed by atoms with Crippen LogP contribution >= 0.6 is 0 Å². The average molecular weight is 280 g/mol. The second-order valence-electron chi connectivity index (χ2n) is 5.73. The lowest BCUT2D eigenvalue weighted by Gasteiger charge is -1.99. The summed E-state index contributed by atoms with van der Waals surface area (Å²) < 4.78 is 0. The van der Waals surface area contributed by atoms with Crippen LogP contribution < -0.4 is 0 Å². The van der Waals surface area contributed by atoms with Crippen LogP contribution in [0.4, 0.5) is 0 Å². The van der Waals surface area contributed by atoms with E-state index < -0.39 is 0 Å². The maximum Gasteiger partial charge on any atom is 0.151 e. The van der Waals surface area contributed by atoms with Gasteiger partial charge < -0.3 is 0 Å². The van der Waals surface area contributed by atoms with Crippen LogP contribution in [-0.4, -0.2) is 6.29 Å². The average Bonchev–Trinajstić information content (AvgIpc) is 2.92. The minimum absolute atomic E-state index is 0.810. The van der Waals surface area contributed by atoms with Gasteiger partial charge in [-0.2, -0.15) is 0 Å². The minimum atomic E-state index is 0.810. The summed E-state index contributed by atoms with van der Waals surface area (Å²) in [4.78, 5) is 11.8. The van der Waals surface area contributed by atoms with Crippen LogP contribution in [0.1, 0.15) is 10.4 Å². The fourth-order valence-corrected chi connectivity index (χ4v) is 3.84. The number of carbonyl (C=O) groups is 1. The fourth-order valence-electron chi connectivity index (χ4n) is 3.84. The third-order valence-electron chi connectivity index (χ3n) is 4.68. The summed E-state index contributed by atoms with van der Waals surface area (Å²) >= 11 is 0. The summed E-state index contributed by atoms with van der Waals surface area (Å²) in [5.41, 5.74) is 0.810. The Hall–Kier alpha value is -2.93. The van der Waals surface area contributed by atoms with Gasteiger partial charge in [0.25, 0.3) is 0 Å². The first-order valence-electron chi connectivity index (χ1n) is 7.42. The molecule has 0 spiro atoms. The second-order valence-corrected chi connectivity index (χ2v) is 5.73. The number of benzene rings is 2. The topological polar surface area (TPSA) is 17.1 Å². The number of hydrogen-bond donors (Lipinski definition) is 0. The summed E-state index contributed by atoms with van der Waals surface area (Å²) in [6.07, 6.45) is 1.01. The Morgan fingerprint density at radius 1 is 0.545 bits per heavy atom. The summed E-state index contributed by atoms with van der Waals surface area (Å²) in [7, 11) is 0. The van der Waals surface area contributed by atoms with Crippen LogP contribution in [0.3, 0.4) is 0 Å². The monoisotopic (exact) mass is 280 g/mol. The highest BCUT2D eigenvalue weighted by Crippen LogP contribution is 2.45. The van der Waals surface area contributed by atoms with E-state index in [1.165, 1.54) is 26.9 Å². The van der Waals surface area contributed by atoms with Crippen molar-refractivity contribution in [2.24, 2.45) is 0 Å². The summed E-state index contributed by atoms with van der Waals surface area (Å²) in [6, 6.07) is 22.9. The molecule has 5 aromatic carbocycles. The van der Waals surface area contributed by atoms with Gasteiger partial charge in [-0.1, -0.05) is 66.7 Å². The first kappa shape index (κ1) is 11.7. The largest absolute Gasteiger partial charge is 0.298 e. The van der Waals surface area contributed by atoms with E-state index in [9.17, 15) is 4.79 Å². The van der Waals surface area contributed by atoms with E-state index in [0.717, 1.165) is 28.0 Å². The number of fused-ring (bicyclic) bond motifs is 5. The quantitative estimate of drug-likeness (QED) is 0.368. The van der Waals surface area contributed by atoms with Crippen molar-refractivity contribution in [3.8, 4) is 0 Å². The van der Waals surface area contributed by atoms with Gasteiger partial charge in [-0.3, -0.25) is 4.79 Å². The molecule has 102 valence electrons. The molecule has 0 N–H and O–H groups in total. The molecule has 0 bridgehead atoms. The van der Waals surface area contributed by atoms with E-state index in [1.807, 2.05) is 24.3 Å². The lowest BCUT2D eigenvalue weighted by Crippen LogP contribution is -1.76. The highest BCUT2D eigenvalue weighted by Gasteiger charge is 2.19. The van der Waals surface area contributed by atoms with E-state index in [-0.39, 0.29) is 0 Å². The number of aldehydes is 1. The molecule has 0 aromatic heterocycles. The molecule has 0 saturated heterocycles. The molecule has 0 aliphatic heterocycles. The summed E-state index contributed by atoms with van der Waals surface area (Å²) in [5, 5.41) is 9.44. The lowest BCUT2D eigenvalue weighted by molar-refractivity contribution is 0.112. The highest BCUT2D eigenvalue weighted by molar-refractivity contribution is 6.41. The molecule has 0 heterocycles. The molecule has 0 radical (unpaired) electrons. The molecule has 0 aliphatic carbocycles. The van der Waals surface area contributed by atoms with Gasteiger partial charge in [0.2, 0.25) is 0 Å². The van der Waals surface area contributed by atoms with Gasteiger partial charge in [-0.15, -0.1) is 0 Å². The first-order chi connectivity index (χ1) is 10.9. The molecule has 0 aliphatic rings. The maximum absolute atomic E-state index is 11.8. The first-order valence-corrected chi connectivity index (χ1v) is 7.42. The van der Waals surface area contributed by atoms with Crippen molar-refractivity contribution in [2.45, 2.75) is 0 Å². The minimum Gasteiger partial charge on any atom is -0.298 e. The molecule has 5 aromatic rings. The van der Waals surface area contributed by atoms with Gasteiger partial charge in [-0.05, 0) is 37.7 Å². The zero-order valence-electron chi connectivity index (χ0n) is 11.8. The van der Waals surface area contributed by atoms with Gasteiger partial charge >= 0.3 is 0 Å². The van der Waals surface area contributed by atoms with Crippen molar-refractivity contribution < 1.29 is 4.79 Å². The van der Waals surface area contributed by atoms with Crippen molar-refractivity contribution >= 4 is 49.4 Å². The molecule has 0 fully saturated rings. The van der Waals surface area contributed by atoms with Crippen molar-refractivity contribution in [1.82, 2.24) is 0 Å². The molecule has 1 heteroatoms. The van der Waals surface area contributed by atoms with Crippen molar-refractivity contribution in [2.75, 3.05) is 0 Å². The van der Waals surface area contributed by atoms with Crippen LogP contribution in [-0.2, 0) is 0 Å². The summed E-state index contributed by atoms with van der Waals surface area (Å²) in [5.74, 6) is 0. The Morgan fingerprint density at radius 2 is 1.18 bits per heavy atom. The van der Waals surface area contributed by atoms with Crippen molar-refractivity contribution in [3.05, 3.63) is 72.3 Å². The Bertz CT molecular complexity index is 1180. The molecule has 0 atom stereocenters. The van der Waals surface area contributed by atoms with Crippen LogP contribution in [0.5, 0.6) is 0 Å². The highest BCUT2D eigenvalue weighted by atomic mass is 16.1. The number of hydrogen-bond acceptors (Lipinski definition) is 1. The van der Waals surface area contributed by atoms with Crippen LogP contribution in [0.25, 0.3) is 43.1 Å². The van der Waals surface area contributed by atoms with Crippen LogP contribution in [0.15, 0.2) is 66.7 Å². The molecule has 5 rings (SSSR count).